The van der Waals surface area contributed by atoms with Gasteiger partial charge in [0.15, 0.2) is 17.5 Å². The maximum atomic E-state index is 14.1. The van der Waals surface area contributed by atoms with Gasteiger partial charge in [0.2, 0.25) is 0 Å². The Bertz CT molecular complexity index is 661. The predicted octanol–water partition coefficient (Wildman–Crippen LogP) is 4.24. The number of hydrogen-bond donors (Lipinski definition) is 0. The Morgan fingerprint density at radius 3 is 2.39 bits per heavy atom. The minimum Gasteiger partial charge on any atom is -0.345 e. The van der Waals surface area contributed by atoms with Crippen molar-refractivity contribution in [2.24, 2.45) is 7.05 Å². The van der Waals surface area contributed by atoms with Crippen molar-refractivity contribution in [3.63, 3.8) is 0 Å². The van der Waals surface area contributed by atoms with Gasteiger partial charge in [0.1, 0.15) is 0 Å². The van der Waals surface area contributed by atoms with E-state index in [1.165, 1.54) is 0 Å². The molecule has 1 nitrogen and oxygen atoms in total. The van der Waals surface area contributed by atoms with Crippen LogP contribution in [0.5, 0.6) is 0 Å². The van der Waals surface area contributed by atoms with E-state index >= 15 is 0 Å². The van der Waals surface area contributed by atoms with Gasteiger partial charge in [0.05, 0.1) is 9.99 Å². The van der Waals surface area contributed by atoms with E-state index in [0.717, 1.165) is 30.5 Å². The third kappa shape index (κ3) is 1.40. The van der Waals surface area contributed by atoms with E-state index in [0.29, 0.717) is 6.42 Å². The van der Waals surface area contributed by atoms with Crippen LogP contribution in [0.15, 0.2) is 4.47 Å². The van der Waals surface area contributed by atoms with Crippen LogP contribution in [0.1, 0.15) is 24.1 Å². The van der Waals surface area contributed by atoms with Crippen LogP contribution in [0, 0.1) is 17.5 Å². The van der Waals surface area contributed by atoms with E-state index in [4.69, 9.17) is 0 Å². The number of benzene rings is 1. The average molecular weight is 318 g/mol. The molecule has 1 aromatic heterocycles. The zero-order valence-electron chi connectivity index (χ0n) is 9.79. The standard InChI is InChI=1S/C13H11BrF3N/c1-18-7-5-3-2-4-6(7)8-10(15)11(16)9(14)12(17)13(8)18/h2-5H2,1H3. The molecule has 1 aliphatic rings. The van der Waals surface area contributed by atoms with Crippen molar-refractivity contribution < 1.29 is 13.2 Å². The van der Waals surface area contributed by atoms with E-state index in [1.807, 2.05) is 0 Å². The molecule has 1 aromatic carbocycles. The van der Waals surface area contributed by atoms with Gasteiger partial charge in [-0.25, -0.2) is 13.2 Å². The Kier molecular flexibility index (Phi) is 2.70. The van der Waals surface area contributed by atoms with Gasteiger partial charge in [0.25, 0.3) is 0 Å². The molecule has 0 saturated carbocycles. The van der Waals surface area contributed by atoms with Gasteiger partial charge < -0.3 is 4.57 Å². The number of fused-ring (bicyclic) bond motifs is 3. The molecule has 18 heavy (non-hydrogen) atoms. The van der Waals surface area contributed by atoms with Crippen molar-refractivity contribution in [2.75, 3.05) is 0 Å². The van der Waals surface area contributed by atoms with Crippen LogP contribution >= 0.6 is 15.9 Å². The van der Waals surface area contributed by atoms with Crippen molar-refractivity contribution in [2.45, 2.75) is 25.7 Å². The molecule has 0 radical (unpaired) electrons. The zero-order valence-corrected chi connectivity index (χ0v) is 11.4. The molecule has 3 rings (SSSR count). The van der Waals surface area contributed by atoms with E-state index in [-0.39, 0.29) is 10.9 Å². The summed E-state index contributed by atoms with van der Waals surface area (Å²) in [6.45, 7) is 0. The van der Waals surface area contributed by atoms with Gasteiger partial charge in [-0.05, 0) is 47.2 Å². The Hall–Kier alpha value is -0.970. The number of nitrogens with zero attached hydrogens (tertiary/aromatic N) is 1. The molecule has 1 heterocycles. The first-order valence-corrected chi connectivity index (χ1v) is 6.65. The van der Waals surface area contributed by atoms with Gasteiger partial charge in [-0.3, -0.25) is 0 Å². The first-order chi connectivity index (χ1) is 8.54. The average Bonchev–Trinajstić information content (AvgIpc) is 2.68. The molecule has 5 heteroatoms. The summed E-state index contributed by atoms with van der Waals surface area (Å²) in [6.07, 6.45) is 3.41. The molecule has 0 bridgehead atoms. The molecule has 0 spiro atoms. The molecule has 2 aromatic rings. The second-order valence-corrected chi connectivity index (χ2v) is 5.46. The van der Waals surface area contributed by atoms with Crippen LogP contribution in [-0.4, -0.2) is 4.57 Å². The lowest BCUT2D eigenvalue weighted by atomic mass is 9.95. The molecule has 0 atom stereocenters. The number of halogens is 4. The first kappa shape index (κ1) is 12.1. The Morgan fingerprint density at radius 2 is 1.67 bits per heavy atom. The van der Waals surface area contributed by atoms with Crippen LogP contribution < -0.4 is 0 Å². The summed E-state index contributed by atoms with van der Waals surface area (Å²) in [5.74, 6) is -2.81. The van der Waals surface area contributed by atoms with Crippen molar-refractivity contribution in [1.82, 2.24) is 4.57 Å². The van der Waals surface area contributed by atoms with Crippen LogP contribution in [0.2, 0.25) is 0 Å². The largest absolute Gasteiger partial charge is 0.345 e. The maximum Gasteiger partial charge on any atom is 0.176 e. The highest BCUT2D eigenvalue weighted by Gasteiger charge is 2.27. The second kappa shape index (κ2) is 4.02. The number of rotatable bonds is 0. The molecule has 0 amide bonds. The minimum atomic E-state index is -1.14. The fourth-order valence-electron chi connectivity index (χ4n) is 2.87. The SMILES string of the molecule is Cn1c2c(c3c(F)c(F)c(Br)c(F)c31)CCCC2. The molecule has 0 aliphatic heterocycles. The Morgan fingerprint density at radius 1 is 1.00 bits per heavy atom. The quantitative estimate of drug-likeness (QED) is 0.506. The molecule has 0 N–H and O–H groups in total. The lowest BCUT2D eigenvalue weighted by Gasteiger charge is -2.12. The van der Waals surface area contributed by atoms with Gasteiger partial charge in [-0.15, -0.1) is 0 Å². The first-order valence-electron chi connectivity index (χ1n) is 5.86. The van der Waals surface area contributed by atoms with Gasteiger partial charge in [-0.2, -0.15) is 0 Å². The smallest absolute Gasteiger partial charge is 0.176 e. The molecule has 0 unspecified atom stereocenters. The summed E-state index contributed by atoms with van der Waals surface area (Å²) >= 11 is 2.78. The van der Waals surface area contributed by atoms with E-state index < -0.39 is 21.9 Å². The highest BCUT2D eigenvalue weighted by molar-refractivity contribution is 9.10. The summed E-state index contributed by atoms with van der Waals surface area (Å²) < 4.78 is 43.0. The summed E-state index contributed by atoms with van der Waals surface area (Å²) in [5.41, 5.74) is 1.85. The molecule has 1 aliphatic carbocycles. The summed E-state index contributed by atoms with van der Waals surface area (Å²) in [6, 6.07) is 0. The fraction of sp³-hybridized carbons (Fsp3) is 0.385. The van der Waals surface area contributed by atoms with Crippen molar-refractivity contribution in [3.05, 3.63) is 33.2 Å². The molecular formula is C13H11BrF3N. The van der Waals surface area contributed by atoms with Gasteiger partial charge >= 0.3 is 0 Å². The lowest BCUT2D eigenvalue weighted by Crippen LogP contribution is -2.05. The Labute approximate surface area is 111 Å². The van der Waals surface area contributed by atoms with Gasteiger partial charge in [-0.1, -0.05) is 0 Å². The fourth-order valence-corrected chi connectivity index (χ4v) is 3.24. The topological polar surface area (TPSA) is 4.93 Å². The van der Waals surface area contributed by atoms with Crippen LogP contribution in [0.25, 0.3) is 10.9 Å². The summed E-state index contributed by atoms with van der Waals surface area (Å²) in [7, 11) is 1.71. The third-order valence-corrected chi connectivity index (χ3v) is 4.42. The second-order valence-electron chi connectivity index (χ2n) is 4.67. The van der Waals surface area contributed by atoms with Crippen molar-refractivity contribution >= 4 is 26.8 Å². The lowest BCUT2D eigenvalue weighted by molar-refractivity contribution is 0.497. The van der Waals surface area contributed by atoms with Crippen molar-refractivity contribution in [3.8, 4) is 0 Å². The predicted molar refractivity (Wildman–Crippen MR) is 67.1 cm³/mol. The van der Waals surface area contributed by atoms with Crippen LogP contribution in [0.3, 0.4) is 0 Å². The van der Waals surface area contributed by atoms with E-state index in [1.54, 1.807) is 11.6 Å². The zero-order chi connectivity index (χ0) is 13.0. The molecule has 0 fully saturated rings. The molecular weight excluding hydrogens is 307 g/mol. The number of aryl methyl sites for hydroxylation is 2. The highest BCUT2D eigenvalue weighted by atomic mass is 79.9. The van der Waals surface area contributed by atoms with Gasteiger partial charge in [0, 0.05) is 18.1 Å². The van der Waals surface area contributed by atoms with Crippen LogP contribution in [0.4, 0.5) is 13.2 Å². The molecule has 0 saturated heterocycles. The van der Waals surface area contributed by atoms with Crippen molar-refractivity contribution in [1.29, 1.82) is 0 Å². The van der Waals surface area contributed by atoms with Crippen LogP contribution in [-0.2, 0) is 19.9 Å². The highest BCUT2D eigenvalue weighted by Crippen LogP contribution is 2.38. The summed E-state index contributed by atoms with van der Waals surface area (Å²) in [5, 5.41) is 0.116. The van der Waals surface area contributed by atoms with E-state index in [9.17, 15) is 13.2 Å². The third-order valence-electron chi connectivity index (χ3n) is 3.72. The van der Waals surface area contributed by atoms with E-state index in [2.05, 4.69) is 15.9 Å². The number of aromatic nitrogens is 1. The summed E-state index contributed by atoms with van der Waals surface area (Å²) in [4.78, 5) is 0. The Balaban J connectivity index is 2.54. The monoisotopic (exact) mass is 317 g/mol. The maximum absolute atomic E-state index is 14.1. The molecule has 96 valence electrons. The normalized spacial score (nSPS) is 15.2. The minimum absolute atomic E-state index is 0.116. The number of hydrogen-bond acceptors (Lipinski definition) is 0.